The van der Waals surface area contributed by atoms with Crippen LogP contribution in [0, 0.1) is 0 Å². The first-order valence-corrected chi connectivity index (χ1v) is 8.66. The van der Waals surface area contributed by atoms with E-state index in [1.165, 1.54) is 0 Å². The lowest BCUT2D eigenvalue weighted by Crippen LogP contribution is -2.40. The van der Waals surface area contributed by atoms with Crippen molar-refractivity contribution in [2.24, 2.45) is 0 Å². The molecule has 126 valence electrons. The highest BCUT2D eigenvalue weighted by Gasteiger charge is 2.42. The maximum atomic E-state index is 12.1. The van der Waals surface area contributed by atoms with E-state index in [4.69, 9.17) is 8.92 Å². The minimum Gasteiger partial charge on any atom is -0.480 e. The van der Waals surface area contributed by atoms with Crippen molar-refractivity contribution in [3.8, 4) is 0 Å². The molecule has 23 heavy (non-hydrogen) atoms. The fourth-order valence-corrected chi connectivity index (χ4v) is 2.99. The van der Waals surface area contributed by atoms with Gasteiger partial charge < -0.3 is 9.84 Å². The topological polar surface area (TPSA) is 110 Å². The first kappa shape index (κ1) is 17.2. The van der Waals surface area contributed by atoms with E-state index in [9.17, 15) is 23.1 Å². The summed E-state index contributed by atoms with van der Waals surface area (Å²) in [6, 6.07) is 7.75. The summed E-state index contributed by atoms with van der Waals surface area (Å²) in [4.78, 5) is 24.3. The third kappa shape index (κ3) is 4.93. The van der Waals surface area contributed by atoms with Crippen molar-refractivity contribution in [1.29, 1.82) is 0 Å². The zero-order valence-corrected chi connectivity index (χ0v) is 13.2. The molecule has 1 aliphatic rings. The van der Waals surface area contributed by atoms with Gasteiger partial charge in [0.15, 0.2) is 0 Å². The van der Waals surface area contributed by atoms with E-state index in [2.05, 4.69) is 0 Å². The van der Waals surface area contributed by atoms with Crippen LogP contribution in [0.5, 0.6) is 0 Å². The molecule has 1 aromatic carbocycles. The van der Waals surface area contributed by atoms with Gasteiger partial charge >= 0.3 is 12.1 Å². The van der Waals surface area contributed by atoms with E-state index in [1.807, 2.05) is 6.07 Å². The standard InChI is InChI=1S/C14H17NO7S/c1-23(19,20)22-11-7-12(13(16)17)15(8-11)14(18)21-9-10-5-3-2-4-6-10/h2-6,11-12H,7-9H2,1H3,(H,16,17)/t11-,12-/m0/s1. The first-order chi connectivity index (χ1) is 10.8. The minimum atomic E-state index is -3.73. The third-order valence-electron chi connectivity index (χ3n) is 3.30. The summed E-state index contributed by atoms with van der Waals surface area (Å²) in [5.74, 6) is -1.23. The zero-order chi connectivity index (χ0) is 17.0. The predicted octanol–water partition coefficient (Wildman–Crippen LogP) is 0.827. The van der Waals surface area contributed by atoms with Crippen LogP contribution in [0.25, 0.3) is 0 Å². The summed E-state index contributed by atoms with van der Waals surface area (Å²) in [7, 11) is -3.73. The number of rotatable bonds is 5. The number of hydrogen-bond acceptors (Lipinski definition) is 6. The fraction of sp³-hybridized carbons (Fsp3) is 0.429. The van der Waals surface area contributed by atoms with Gasteiger partial charge in [-0.3, -0.25) is 9.08 Å². The third-order valence-corrected chi connectivity index (χ3v) is 3.92. The average Bonchev–Trinajstić information content (AvgIpc) is 2.88. The number of carbonyl (C=O) groups excluding carboxylic acids is 1. The van der Waals surface area contributed by atoms with Crippen molar-refractivity contribution in [2.75, 3.05) is 12.8 Å². The smallest absolute Gasteiger partial charge is 0.410 e. The highest BCUT2D eigenvalue weighted by atomic mass is 32.2. The molecule has 1 saturated heterocycles. The number of nitrogens with zero attached hydrogens (tertiary/aromatic N) is 1. The lowest BCUT2D eigenvalue weighted by Gasteiger charge is -2.20. The molecule has 0 unspecified atom stereocenters. The SMILES string of the molecule is CS(=O)(=O)O[C@H]1C[C@@H](C(=O)O)N(C(=O)OCc2ccccc2)C1. The lowest BCUT2D eigenvalue weighted by atomic mass is 10.2. The van der Waals surface area contributed by atoms with Crippen molar-refractivity contribution in [3.63, 3.8) is 0 Å². The second kappa shape index (κ2) is 6.97. The van der Waals surface area contributed by atoms with Crippen LogP contribution in [0.2, 0.25) is 0 Å². The van der Waals surface area contributed by atoms with E-state index < -0.39 is 34.3 Å². The molecule has 1 N–H and O–H groups in total. The van der Waals surface area contributed by atoms with E-state index in [1.54, 1.807) is 24.3 Å². The number of carboxylic acid groups (broad SMARTS) is 1. The van der Waals surface area contributed by atoms with Gasteiger partial charge in [0.25, 0.3) is 10.1 Å². The van der Waals surface area contributed by atoms with Gasteiger partial charge in [0.1, 0.15) is 12.6 Å². The maximum absolute atomic E-state index is 12.1. The molecule has 0 aliphatic carbocycles. The number of hydrogen-bond donors (Lipinski definition) is 1. The molecule has 9 heteroatoms. The average molecular weight is 343 g/mol. The second-order valence-corrected chi connectivity index (χ2v) is 6.81. The lowest BCUT2D eigenvalue weighted by molar-refractivity contribution is -0.141. The molecule has 0 radical (unpaired) electrons. The highest BCUT2D eigenvalue weighted by molar-refractivity contribution is 7.86. The van der Waals surface area contributed by atoms with Crippen LogP contribution in [0.15, 0.2) is 30.3 Å². The highest BCUT2D eigenvalue weighted by Crippen LogP contribution is 2.23. The van der Waals surface area contributed by atoms with Crippen LogP contribution < -0.4 is 0 Å². The maximum Gasteiger partial charge on any atom is 0.410 e. The summed E-state index contributed by atoms with van der Waals surface area (Å²) in [5, 5.41) is 9.18. The van der Waals surface area contributed by atoms with Gasteiger partial charge in [0.2, 0.25) is 0 Å². The Morgan fingerprint density at radius 3 is 2.52 bits per heavy atom. The predicted molar refractivity (Wildman–Crippen MR) is 79.1 cm³/mol. The van der Waals surface area contributed by atoms with Crippen molar-refractivity contribution in [3.05, 3.63) is 35.9 Å². The van der Waals surface area contributed by atoms with Crippen molar-refractivity contribution < 1.29 is 32.0 Å². The van der Waals surface area contributed by atoms with Crippen molar-refractivity contribution in [2.45, 2.75) is 25.2 Å². The number of carbonyl (C=O) groups is 2. The van der Waals surface area contributed by atoms with E-state index in [0.717, 1.165) is 16.7 Å². The van der Waals surface area contributed by atoms with Gasteiger partial charge in [0.05, 0.1) is 18.9 Å². The molecular weight excluding hydrogens is 326 g/mol. The molecule has 1 amide bonds. The fourth-order valence-electron chi connectivity index (χ4n) is 2.35. The molecule has 1 fully saturated rings. The van der Waals surface area contributed by atoms with E-state index in [0.29, 0.717) is 0 Å². The molecule has 0 bridgehead atoms. The molecule has 8 nitrogen and oxygen atoms in total. The first-order valence-electron chi connectivity index (χ1n) is 6.84. The number of amides is 1. The summed E-state index contributed by atoms with van der Waals surface area (Å²) in [6.45, 7) is -0.155. The van der Waals surface area contributed by atoms with Crippen LogP contribution in [0.3, 0.4) is 0 Å². The molecular formula is C14H17NO7S. The molecule has 0 saturated carbocycles. The largest absolute Gasteiger partial charge is 0.480 e. The van der Waals surface area contributed by atoms with Gasteiger partial charge in [-0.1, -0.05) is 30.3 Å². The molecule has 2 atom stereocenters. The summed E-state index contributed by atoms with van der Waals surface area (Å²) < 4.78 is 32.2. The van der Waals surface area contributed by atoms with Gasteiger partial charge in [-0.15, -0.1) is 0 Å². The van der Waals surface area contributed by atoms with Crippen molar-refractivity contribution in [1.82, 2.24) is 4.90 Å². The number of carboxylic acids is 1. The number of aliphatic carboxylic acids is 1. The Morgan fingerprint density at radius 2 is 1.96 bits per heavy atom. The van der Waals surface area contributed by atoms with Crippen LogP contribution >= 0.6 is 0 Å². The number of ether oxygens (including phenoxy) is 1. The Hall–Kier alpha value is -2.13. The summed E-state index contributed by atoms with van der Waals surface area (Å²) in [5.41, 5.74) is 0.760. The van der Waals surface area contributed by atoms with Gasteiger partial charge in [-0.2, -0.15) is 8.42 Å². The summed E-state index contributed by atoms with van der Waals surface area (Å²) in [6.07, 6.45) is -0.946. The van der Waals surface area contributed by atoms with Crippen molar-refractivity contribution >= 4 is 22.2 Å². The van der Waals surface area contributed by atoms with Gasteiger partial charge in [-0.25, -0.2) is 9.59 Å². The Labute approximate surface area is 133 Å². The van der Waals surface area contributed by atoms with E-state index in [-0.39, 0.29) is 19.6 Å². The normalized spacial score (nSPS) is 21.2. The molecule has 0 spiro atoms. The van der Waals surface area contributed by atoms with E-state index >= 15 is 0 Å². The van der Waals surface area contributed by atoms with Crippen LogP contribution in [-0.2, 0) is 30.4 Å². The second-order valence-electron chi connectivity index (χ2n) is 5.20. The van der Waals surface area contributed by atoms with Crippen LogP contribution in [0.1, 0.15) is 12.0 Å². The Bertz CT molecular complexity index is 674. The molecule has 1 aromatic rings. The number of benzene rings is 1. The van der Waals surface area contributed by atoms with Crippen LogP contribution in [-0.4, -0.2) is 55.4 Å². The molecule has 2 rings (SSSR count). The number of likely N-dealkylation sites (tertiary alicyclic amines) is 1. The minimum absolute atomic E-state index is 0.000112. The van der Waals surface area contributed by atoms with Crippen LogP contribution in [0.4, 0.5) is 4.79 Å². The molecule has 1 aliphatic heterocycles. The quantitative estimate of drug-likeness (QED) is 0.788. The Morgan fingerprint density at radius 1 is 1.30 bits per heavy atom. The summed E-state index contributed by atoms with van der Waals surface area (Å²) >= 11 is 0. The Kier molecular flexibility index (Phi) is 5.22. The molecule has 1 heterocycles. The monoisotopic (exact) mass is 343 g/mol. The zero-order valence-electron chi connectivity index (χ0n) is 12.4. The van der Waals surface area contributed by atoms with Gasteiger partial charge in [0, 0.05) is 6.42 Å². The molecule has 0 aromatic heterocycles. The Balaban J connectivity index is 2.00. The van der Waals surface area contributed by atoms with Gasteiger partial charge in [-0.05, 0) is 5.56 Å².